The van der Waals surface area contributed by atoms with E-state index < -0.39 is 17.3 Å². The van der Waals surface area contributed by atoms with Gasteiger partial charge >= 0.3 is 5.97 Å². The van der Waals surface area contributed by atoms with Crippen LogP contribution in [0.1, 0.15) is 32.3 Å². The molecule has 2 rings (SSSR count). The van der Waals surface area contributed by atoms with Crippen LogP contribution in [0.5, 0.6) is 5.75 Å². The summed E-state index contributed by atoms with van der Waals surface area (Å²) in [6.07, 6.45) is 1.96. The fourth-order valence-electron chi connectivity index (χ4n) is 2.96. The SMILES string of the molecule is CCOc1ccc(CC(CNC(=O)C2(C)CCCOC2)C(=O)O)cc1. The number of nitrogens with one attached hydrogen (secondary N) is 1. The van der Waals surface area contributed by atoms with E-state index >= 15 is 0 Å². The molecule has 1 amide bonds. The quantitative estimate of drug-likeness (QED) is 0.752. The molecule has 1 aromatic carbocycles. The van der Waals surface area contributed by atoms with Gasteiger partial charge in [-0.25, -0.2) is 0 Å². The van der Waals surface area contributed by atoms with Crippen molar-refractivity contribution in [3.63, 3.8) is 0 Å². The molecule has 0 spiro atoms. The van der Waals surface area contributed by atoms with E-state index in [-0.39, 0.29) is 12.5 Å². The number of benzene rings is 1. The number of aliphatic carboxylic acids is 1. The summed E-state index contributed by atoms with van der Waals surface area (Å²) in [4.78, 5) is 24.0. The summed E-state index contributed by atoms with van der Waals surface area (Å²) in [5, 5.41) is 12.3. The number of carbonyl (C=O) groups excluding carboxylic acids is 1. The minimum Gasteiger partial charge on any atom is -0.494 e. The molecule has 2 atom stereocenters. The van der Waals surface area contributed by atoms with E-state index in [1.165, 1.54) is 0 Å². The van der Waals surface area contributed by atoms with E-state index in [0.717, 1.165) is 24.2 Å². The maximum atomic E-state index is 12.4. The van der Waals surface area contributed by atoms with Crippen molar-refractivity contribution in [3.05, 3.63) is 29.8 Å². The van der Waals surface area contributed by atoms with Crippen LogP contribution < -0.4 is 10.1 Å². The van der Waals surface area contributed by atoms with Crippen LogP contribution in [0.15, 0.2) is 24.3 Å². The number of carboxylic acids is 1. The van der Waals surface area contributed by atoms with Gasteiger partial charge in [-0.15, -0.1) is 0 Å². The summed E-state index contributed by atoms with van der Waals surface area (Å²) in [7, 11) is 0. The van der Waals surface area contributed by atoms with Crippen LogP contribution in [0.4, 0.5) is 0 Å². The topological polar surface area (TPSA) is 84.9 Å². The lowest BCUT2D eigenvalue weighted by Crippen LogP contribution is -2.46. The van der Waals surface area contributed by atoms with Crippen LogP contribution >= 0.6 is 0 Å². The molecule has 6 heteroatoms. The maximum Gasteiger partial charge on any atom is 0.308 e. The third-order valence-electron chi connectivity index (χ3n) is 4.56. The Kier molecular flexibility index (Phi) is 6.82. The highest BCUT2D eigenvalue weighted by Gasteiger charge is 2.36. The summed E-state index contributed by atoms with van der Waals surface area (Å²) < 4.78 is 10.8. The smallest absolute Gasteiger partial charge is 0.308 e. The molecule has 6 nitrogen and oxygen atoms in total. The van der Waals surface area contributed by atoms with Crippen LogP contribution in [0.25, 0.3) is 0 Å². The summed E-state index contributed by atoms with van der Waals surface area (Å²) in [5.74, 6) is -0.962. The van der Waals surface area contributed by atoms with Crippen molar-refractivity contribution >= 4 is 11.9 Å². The first-order valence-corrected chi connectivity index (χ1v) is 8.75. The molecule has 2 unspecified atom stereocenters. The van der Waals surface area contributed by atoms with Crippen molar-refractivity contribution in [2.45, 2.75) is 33.1 Å². The molecule has 1 fully saturated rings. The summed E-state index contributed by atoms with van der Waals surface area (Å²) >= 11 is 0. The molecule has 138 valence electrons. The van der Waals surface area contributed by atoms with Gasteiger partial charge in [0.05, 0.1) is 24.5 Å². The number of carboxylic acid groups (broad SMARTS) is 1. The molecule has 25 heavy (non-hydrogen) atoms. The van der Waals surface area contributed by atoms with Crippen molar-refractivity contribution < 1.29 is 24.2 Å². The minimum atomic E-state index is -0.917. The van der Waals surface area contributed by atoms with Crippen molar-refractivity contribution in [1.82, 2.24) is 5.32 Å². The second-order valence-corrected chi connectivity index (χ2v) is 6.74. The molecular weight excluding hydrogens is 322 g/mol. The van der Waals surface area contributed by atoms with E-state index in [1.54, 1.807) is 0 Å². The predicted octanol–water partition coefficient (Wildman–Crippen LogP) is 2.26. The third kappa shape index (κ3) is 5.46. The number of ether oxygens (including phenoxy) is 2. The van der Waals surface area contributed by atoms with Gasteiger partial charge in [0.25, 0.3) is 0 Å². The summed E-state index contributed by atoms with van der Waals surface area (Å²) in [6.45, 7) is 5.54. The van der Waals surface area contributed by atoms with Gasteiger partial charge in [0.1, 0.15) is 5.75 Å². The third-order valence-corrected chi connectivity index (χ3v) is 4.56. The monoisotopic (exact) mass is 349 g/mol. The Hall–Kier alpha value is -2.08. The van der Waals surface area contributed by atoms with E-state index in [9.17, 15) is 14.7 Å². The van der Waals surface area contributed by atoms with E-state index in [4.69, 9.17) is 9.47 Å². The number of rotatable bonds is 8. The molecule has 1 aliphatic heterocycles. The zero-order chi connectivity index (χ0) is 18.3. The maximum absolute atomic E-state index is 12.4. The zero-order valence-electron chi connectivity index (χ0n) is 14.9. The van der Waals surface area contributed by atoms with Gasteiger partial charge in [-0.1, -0.05) is 12.1 Å². The van der Waals surface area contributed by atoms with Crippen LogP contribution in [0.2, 0.25) is 0 Å². The molecular formula is C19H27NO5. The molecule has 1 aliphatic rings. The van der Waals surface area contributed by atoms with Gasteiger partial charge in [-0.3, -0.25) is 9.59 Å². The Morgan fingerprint density at radius 2 is 2.08 bits per heavy atom. The van der Waals surface area contributed by atoms with Crippen LogP contribution in [-0.4, -0.2) is 43.3 Å². The number of amides is 1. The molecule has 1 saturated heterocycles. The zero-order valence-corrected chi connectivity index (χ0v) is 14.9. The summed E-state index contributed by atoms with van der Waals surface area (Å²) in [6, 6.07) is 7.38. The molecule has 1 heterocycles. The molecule has 0 radical (unpaired) electrons. The standard InChI is InChI=1S/C19H27NO5/c1-3-25-16-7-5-14(6-8-16)11-15(17(21)22)12-20-18(23)19(2)9-4-10-24-13-19/h5-8,15H,3-4,9-13H2,1-2H3,(H,20,23)(H,21,22). The number of hydrogen-bond donors (Lipinski definition) is 2. The Bertz CT molecular complexity index is 578. The van der Waals surface area contributed by atoms with Gasteiger partial charge in [-0.2, -0.15) is 0 Å². The van der Waals surface area contributed by atoms with Gasteiger partial charge in [0.2, 0.25) is 5.91 Å². The highest BCUT2D eigenvalue weighted by Crippen LogP contribution is 2.28. The largest absolute Gasteiger partial charge is 0.494 e. The molecule has 0 bridgehead atoms. The average Bonchev–Trinajstić information content (AvgIpc) is 2.60. The molecule has 1 aromatic rings. The van der Waals surface area contributed by atoms with Crippen molar-refractivity contribution in [3.8, 4) is 5.75 Å². The van der Waals surface area contributed by atoms with E-state index in [0.29, 0.717) is 26.2 Å². The predicted molar refractivity (Wildman–Crippen MR) is 93.6 cm³/mol. The second kappa shape index (κ2) is 8.85. The van der Waals surface area contributed by atoms with Crippen molar-refractivity contribution in [2.24, 2.45) is 11.3 Å². The Balaban J connectivity index is 1.92. The lowest BCUT2D eigenvalue weighted by Gasteiger charge is -2.32. The van der Waals surface area contributed by atoms with Crippen LogP contribution in [0.3, 0.4) is 0 Å². The second-order valence-electron chi connectivity index (χ2n) is 6.74. The highest BCUT2D eigenvalue weighted by molar-refractivity contribution is 5.83. The van der Waals surface area contributed by atoms with Crippen LogP contribution in [-0.2, 0) is 20.7 Å². The Morgan fingerprint density at radius 1 is 1.36 bits per heavy atom. The fraction of sp³-hybridized carbons (Fsp3) is 0.579. The minimum absolute atomic E-state index is 0.108. The molecule has 0 saturated carbocycles. The first-order chi connectivity index (χ1) is 11.9. The van der Waals surface area contributed by atoms with Gasteiger partial charge in [-0.05, 0) is 50.8 Å². The first-order valence-electron chi connectivity index (χ1n) is 8.75. The van der Waals surface area contributed by atoms with Crippen molar-refractivity contribution in [2.75, 3.05) is 26.4 Å². The molecule has 2 N–H and O–H groups in total. The summed E-state index contributed by atoms with van der Waals surface area (Å²) in [5.41, 5.74) is 0.331. The van der Waals surface area contributed by atoms with E-state index in [2.05, 4.69) is 5.32 Å². The first kappa shape index (κ1) is 19.2. The van der Waals surface area contributed by atoms with Crippen LogP contribution in [0, 0.1) is 11.3 Å². The fourth-order valence-corrected chi connectivity index (χ4v) is 2.96. The molecule has 0 aliphatic carbocycles. The van der Waals surface area contributed by atoms with Gasteiger partial charge < -0.3 is 19.9 Å². The molecule has 0 aromatic heterocycles. The Labute approximate surface area is 148 Å². The lowest BCUT2D eigenvalue weighted by molar-refractivity contribution is -0.142. The number of carbonyl (C=O) groups is 2. The highest BCUT2D eigenvalue weighted by atomic mass is 16.5. The normalized spacial score (nSPS) is 21.4. The van der Waals surface area contributed by atoms with Gasteiger partial charge in [0, 0.05) is 13.2 Å². The van der Waals surface area contributed by atoms with E-state index in [1.807, 2.05) is 38.1 Å². The average molecular weight is 349 g/mol. The lowest BCUT2D eigenvalue weighted by atomic mass is 9.83. The number of hydrogen-bond acceptors (Lipinski definition) is 4. The van der Waals surface area contributed by atoms with Gasteiger partial charge in [0.15, 0.2) is 0 Å². The Morgan fingerprint density at radius 3 is 2.64 bits per heavy atom. The van der Waals surface area contributed by atoms with Crippen molar-refractivity contribution in [1.29, 1.82) is 0 Å².